The number of rotatable bonds is 39. The minimum Gasteiger partial charge on any atom is -0.477 e. The first-order valence-corrected chi connectivity index (χ1v) is 33.6. The van der Waals surface area contributed by atoms with E-state index in [0.29, 0.717) is 48.9 Å². The highest BCUT2D eigenvalue weighted by Gasteiger charge is 2.57. The number of carboxylic acids is 2. The SMILES string of the molecule is CC(=O)N[C@@H]1[C@H]([C@H](O)[C@@H](O)CNC(=O)c2ccc(-c3ccccc3)cc2)O[C@@](OCCCSCCC(=O)NCCCCCCNC(=O)CCSCCCO[C@]2(C(=O)O)C[C@H](O)[C@@H](NC(C)=O)[C@H]([C@H](O)[C@H](O)CNC(=O)c3ccc(-c4ccccc4)cc3)O2)(C(=O)O)C[C@H]1O. The molecule has 6 rings (SSSR count). The van der Waals surface area contributed by atoms with Crippen molar-refractivity contribution in [2.45, 2.75) is 151 Å². The summed E-state index contributed by atoms with van der Waals surface area (Å²) in [7, 11) is 0. The van der Waals surface area contributed by atoms with E-state index >= 15 is 0 Å². The van der Waals surface area contributed by atoms with Crippen molar-refractivity contribution >= 4 is 70.9 Å². The molecule has 6 amide bonds. The van der Waals surface area contributed by atoms with Gasteiger partial charge in [-0.1, -0.05) is 97.8 Å². The van der Waals surface area contributed by atoms with Crippen LogP contribution in [0.15, 0.2) is 109 Å². The molecule has 0 aliphatic carbocycles. The first-order chi connectivity index (χ1) is 45.0. The van der Waals surface area contributed by atoms with Crippen LogP contribution in [0.25, 0.3) is 22.3 Å². The lowest BCUT2D eigenvalue weighted by Crippen LogP contribution is -2.68. The summed E-state index contributed by atoms with van der Waals surface area (Å²) in [5.41, 5.74) is 4.21. The molecule has 28 heteroatoms. The third-order valence-electron chi connectivity index (χ3n) is 15.7. The molecule has 4 aromatic carbocycles. The molecule has 2 fully saturated rings. The number of benzene rings is 4. The van der Waals surface area contributed by atoms with Crippen molar-refractivity contribution in [1.82, 2.24) is 31.9 Å². The second-order valence-corrected chi connectivity index (χ2v) is 25.4. The summed E-state index contributed by atoms with van der Waals surface area (Å²) in [6.07, 6.45) is -10.9. The predicted octanol–water partition coefficient (Wildman–Crippen LogP) is 2.35. The highest BCUT2D eigenvalue weighted by molar-refractivity contribution is 7.99. The number of carbonyl (C=O) groups is 8. The molecule has 4 aromatic rings. The van der Waals surface area contributed by atoms with E-state index in [1.54, 1.807) is 48.5 Å². The predicted molar refractivity (Wildman–Crippen MR) is 349 cm³/mol. The van der Waals surface area contributed by atoms with E-state index in [1.165, 1.54) is 23.5 Å². The van der Waals surface area contributed by atoms with Crippen molar-refractivity contribution < 1.29 is 98.2 Å². The Labute approximate surface area is 554 Å². The van der Waals surface area contributed by atoms with Gasteiger partial charge in [0.1, 0.15) is 24.4 Å². The van der Waals surface area contributed by atoms with Crippen molar-refractivity contribution in [1.29, 1.82) is 0 Å². The van der Waals surface area contributed by atoms with Crippen molar-refractivity contribution in [2.75, 3.05) is 62.4 Å². The molecule has 14 N–H and O–H groups in total. The summed E-state index contributed by atoms with van der Waals surface area (Å²) in [5, 5.41) is 103. The van der Waals surface area contributed by atoms with Gasteiger partial charge in [-0.05, 0) is 83.7 Å². The number of ether oxygens (including phenoxy) is 4. The fourth-order valence-electron chi connectivity index (χ4n) is 10.6. The third kappa shape index (κ3) is 23.4. The number of thioether (sulfide) groups is 2. The highest BCUT2D eigenvalue weighted by atomic mass is 32.2. The number of hydrogen-bond acceptors (Lipinski definition) is 20. The van der Waals surface area contributed by atoms with Gasteiger partial charge in [0.05, 0.1) is 49.7 Å². The van der Waals surface area contributed by atoms with Crippen molar-refractivity contribution in [2.24, 2.45) is 0 Å². The molecule has 0 unspecified atom stereocenters. The van der Waals surface area contributed by atoms with E-state index in [0.717, 1.165) is 61.8 Å². The molecule has 2 aliphatic rings. The fourth-order valence-corrected chi connectivity index (χ4v) is 12.3. The van der Waals surface area contributed by atoms with Gasteiger partial charge < -0.3 is 91.7 Å². The van der Waals surface area contributed by atoms with Crippen LogP contribution in [0, 0.1) is 0 Å². The van der Waals surface area contributed by atoms with Crippen molar-refractivity contribution in [3.63, 3.8) is 0 Å². The summed E-state index contributed by atoms with van der Waals surface area (Å²) >= 11 is 2.88. The molecule has 0 spiro atoms. The number of aliphatic carboxylic acids is 2. The summed E-state index contributed by atoms with van der Waals surface area (Å²) in [6.45, 7) is 1.95. The maximum atomic E-state index is 13.0. The fraction of sp³-hybridized carbons (Fsp3) is 0.515. The summed E-state index contributed by atoms with van der Waals surface area (Å²) < 4.78 is 23.1. The Kier molecular flexibility index (Phi) is 31.1. The largest absolute Gasteiger partial charge is 0.477 e. The van der Waals surface area contributed by atoms with Gasteiger partial charge in [-0.3, -0.25) is 28.8 Å². The van der Waals surface area contributed by atoms with Gasteiger partial charge in [-0.15, -0.1) is 0 Å². The second kappa shape index (κ2) is 38.5. The minimum absolute atomic E-state index is 0.140. The molecule has 0 radical (unpaired) electrons. The Bertz CT molecular complexity index is 2870. The van der Waals surface area contributed by atoms with Crippen LogP contribution < -0.4 is 31.9 Å². The van der Waals surface area contributed by atoms with E-state index in [9.17, 15) is 79.2 Å². The number of aliphatic hydroxyl groups is 6. The molecule has 12 atom stereocenters. The van der Waals surface area contributed by atoms with Crippen LogP contribution >= 0.6 is 23.5 Å². The zero-order valence-corrected chi connectivity index (χ0v) is 54.2. The Balaban J connectivity index is 0.792. The van der Waals surface area contributed by atoms with E-state index in [4.69, 9.17) is 18.9 Å². The number of carbonyl (C=O) groups excluding carboxylic acids is 6. The van der Waals surface area contributed by atoms with Crippen LogP contribution in [0.3, 0.4) is 0 Å². The standard InChI is InChI=1S/C66H88N6O20S2/c1-41(73)71-55-49(75)37-65(63(85)86,91-59(55)57(81)51(77)39-69-61(83)47-23-19-45(20-24-47)43-15-7-5-8-16-43)89-31-13-33-93-35-27-53(79)67-29-11-3-4-12-30-68-54(80)28-36-94-34-14-32-90-66(64(87)88)38-50(76)56(72-42(2)74)60(92-66)58(82)52(78)40-70-62(84)48-25-21-46(22-26-48)44-17-9-6-10-18-44/h5-10,15-26,49-52,55-60,75-78,81-82H,3-4,11-14,27-40H2,1-2H3,(H,67,79)(H,68,80)(H,69,83)(H,70,84)(H,71,73)(H,72,74)(H,85,86)(H,87,88)/t49-,50+,51+,52-,55+,56-,57-,58-,59-,60-,65-,66-/m1/s1. The maximum absolute atomic E-state index is 13.0. The van der Waals surface area contributed by atoms with Gasteiger partial charge in [0.2, 0.25) is 23.6 Å². The molecular formula is C66H88N6O20S2. The number of hydrogen-bond donors (Lipinski definition) is 14. The van der Waals surface area contributed by atoms with Gasteiger partial charge in [0.15, 0.2) is 0 Å². The monoisotopic (exact) mass is 1350 g/mol. The minimum atomic E-state index is -2.46. The van der Waals surface area contributed by atoms with Crippen LogP contribution in [0.2, 0.25) is 0 Å². The van der Waals surface area contributed by atoms with Crippen LogP contribution in [0.5, 0.6) is 0 Å². The molecule has 2 aliphatic heterocycles. The van der Waals surface area contributed by atoms with Gasteiger partial charge in [0, 0.05) is 88.3 Å². The molecule has 2 heterocycles. The maximum Gasteiger partial charge on any atom is 0.364 e. The lowest BCUT2D eigenvalue weighted by Gasteiger charge is -2.46. The van der Waals surface area contributed by atoms with Gasteiger partial charge in [-0.25, -0.2) is 9.59 Å². The number of amides is 6. The third-order valence-corrected chi connectivity index (χ3v) is 17.8. The normalized spacial score (nSPS) is 22.3. The van der Waals surface area contributed by atoms with Gasteiger partial charge >= 0.3 is 11.9 Å². The van der Waals surface area contributed by atoms with Crippen LogP contribution in [-0.4, -0.2) is 223 Å². The Hall–Kier alpha value is -7.06. The molecule has 2 saturated heterocycles. The Morgan fingerprint density at radius 2 is 0.840 bits per heavy atom. The molecule has 0 saturated carbocycles. The van der Waals surface area contributed by atoms with Crippen LogP contribution in [0.1, 0.15) is 98.8 Å². The van der Waals surface area contributed by atoms with Crippen LogP contribution in [-0.2, 0) is 47.7 Å². The van der Waals surface area contributed by atoms with Crippen molar-refractivity contribution in [3.05, 3.63) is 120 Å². The van der Waals surface area contributed by atoms with Crippen LogP contribution in [0.4, 0.5) is 0 Å². The average Bonchev–Trinajstić information content (AvgIpc) is 0.779. The van der Waals surface area contributed by atoms with E-state index in [2.05, 4.69) is 31.9 Å². The summed E-state index contributed by atoms with van der Waals surface area (Å²) in [4.78, 5) is 101. The zero-order valence-electron chi connectivity index (χ0n) is 52.6. The zero-order chi connectivity index (χ0) is 68.2. The van der Waals surface area contributed by atoms with Crippen molar-refractivity contribution in [3.8, 4) is 22.3 Å². The summed E-state index contributed by atoms with van der Waals surface area (Å²) in [5.74, 6) is -8.91. The topological polar surface area (TPSA) is 408 Å². The molecular weight excluding hydrogens is 1260 g/mol. The van der Waals surface area contributed by atoms with E-state index in [-0.39, 0.29) is 49.0 Å². The number of carboxylic acid groups (broad SMARTS) is 2. The lowest BCUT2D eigenvalue weighted by molar-refractivity contribution is -0.310. The highest BCUT2D eigenvalue weighted by Crippen LogP contribution is 2.36. The Morgan fingerprint density at radius 3 is 1.18 bits per heavy atom. The smallest absolute Gasteiger partial charge is 0.364 e. The number of unbranched alkanes of at least 4 members (excludes halogenated alkanes) is 3. The molecule has 26 nitrogen and oxygen atoms in total. The summed E-state index contributed by atoms with van der Waals surface area (Å²) in [6, 6.07) is 29.8. The quantitative estimate of drug-likeness (QED) is 0.0285. The first kappa shape index (κ1) is 76.0. The van der Waals surface area contributed by atoms with E-state index < -0.39 is 134 Å². The van der Waals surface area contributed by atoms with Gasteiger partial charge in [0.25, 0.3) is 23.4 Å². The number of aliphatic hydroxyl groups excluding tert-OH is 6. The second-order valence-electron chi connectivity index (χ2n) is 22.9. The lowest BCUT2D eigenvalue weighted by atomic mass is 9.88. The molecule has 0 bridgehead atoms. The molecule has 0 aromatic heterocycles. The molecule has 94 heavy (non-hydrogen) atoms. The average molecular weight is 1350 g/mol. The first-order valence-electron chi connectivity index (χ1n) is 31.3. The number of nitrogens with one attached hydrogen (secondary N) is 6. The molecule has 514 valence electrons. The van der Waals surface area contributed by atoms with E-state index in [1.807, 2.05) is 60.7 Å². The van der Waals surface area contributed by atoms with Gasteiger partial charge in [-0.2, -0.15) is 23.5 Å². The Morgan fingerprint density at radius 1 is 0.489 bits per heavy atom.